The van der Waals surface area contributed by atoms with E-state index in [1.54, 1.807) is 6.20 Å². The zero-order chi connectivity index (χ0) is 11.4. The molecule has 4 nitrogen and oxygen atoms in total. The van der Waals surface area contributed by atoms with Gasteiger partial charge in [0.05, 0.1) is 12.4 Å². The van der Waals surface area contributed by atoms with Crippen LogP contribution in [0.1, 0.15) is 19.8 Å². The van der Waals surface area contributed by atoms with E-state index in [1.807, 2.05) is 0 Å². The number of likely N-dealkylation sites (tertiary alicyclic amines) is 1. The third kappa shape index (κ3) is 3.06. The molecule has 0 unspecified atom stereocenters. The second-order valence-corrected chi connectivity index (χ2v) is 4.32. The summed E-state index contributed by atoms with van der Waals surface area (Å²) in [6, 6.07) is 0. The van der Waals surface area contributed by atoms with Crippen molar-refractivity contribution in [3.63, 3.8) is 0 Å². The third-order valence-electron chi connectivity index (χ3n) is 2.87. The molecule has 2 rings (SSSR count). The van der Waals surface area contributed by atoms with Gasteiger partial charge < -0.3 is 9.64 Å². The number of hydrogen-bond donors (Lipinski definition) is 0. The standard InChI is InChI=1S/C11H16ClN3O/c1-2-15-5-3-9(4-6-15)16-11-8-13-10(12)7-14-11/h7-9H,2-6H2,1H3. The Balaban J connectivity index is 1.84. The second-order valence-electron chi connectivity index (χ2n) is 3.93. The Morgan fingerprint density at radius 1 is 1.38 bits per heavy atom. The molecule has 0 bridgehead atoms. The van der Waals surface area contributed by atoms with Gasteiger partial charge in [0.2, 0.25) is 5.88 Å². The lowest BCUT2D eigenvalue weighted by Crippen LogP contribution is -2.38. The zero-order valence-electron chi connectivity index (χ0n) is 9.40. The minimum Gasteiger partial charge on any atom is -0.473 e. The van der Waals surface area contributed by atoms with Gasteiger partial charge in [-0.1, -0.05) is 18.5 Å². The van der Waals surface area contributed by atoms with Crippen molar-refractivity contribution in [1.82, 2.24) is 14.9 Å². The predicted octanol–water partition coefficient (Wildman–Crippen LogP) is 1.99. The van der Waals surface area contributed by atoms with Crippen LogP contribution in [0.4, 0.5) is 0 Å². The number of aromatic nitrogens is 2. The average Bonchev–Trinajstić information content (AvgIpc) is 2.33. The Hall–Kier alpha value is -0.870. The highest BCUT2D eigenvalue weighted by molar-refractivity contribution is 6.29. The molecule has 0 N–H and O–H groups in total. The van der Waals surface area contributed by atoms with Crippen LogP contribution >= 0.6 is 11.6 Å². The van der Waals surface area contributed by atoms with Crippen LogP contribution in [0, 0.1) is 0 Å². The van der Waals surface area contributed by atoms with Crippen molar-refractivity contribution in [2.45, 2.75) is 25.9 Å². The monoisotopic (exact) mass is 241 g/mol. The molecule has 16 heavy (non-hydrogen) atoms. The molecule has 0 aromatic carbocycles. The first kappa shape index (κ1) is 11.6. The minimum atomic E-state index is 0.262. The lowest BCUT2D eigenvalue weighted by molar-refractivity contribution is 0.0994. The molecule has 0 spiro atoms. The van der Waals surface area contributed by atoms with Crippen molar-refractivity contribution >= 4 is 11.6 Å². The van der Waals surface area contributed by atoms with Crippen molar-refractivity contribution in [3.05, 3.63) is 17.5 Å². The van der Waals surface area contributed by atoms with Gasteiger partial charge in [-0.25, -0.2) is 9.97 Å². The molecule has 1 fully saturated rings. The Morgan fingerprint density at radius 3 is 2.69 bits per heavy atom. The van der Waals surface area contributed by atoms with Gasteiger partial charge in [0.25, 0.3) is 0 Å². The molecule has 0 amide bonds. The fourth-order valence-corrected chi connectivity index (χ4v) is 1.97. The first-order valence-electron chi connectivity index (χ1n) is 5.64. The van der Waals surface area contributed by atoms with Crippen molar-refractivity contribution in [1.29, 1.82) is 0 Å². The summed E-state index contributed by atoms with van der Waals surface area (Å²) in [5.74, 6) is 0.569. The summed E-state index contributed by atoms with van der Waals surface area (Å²) in [5.41, 5.74) is 0. The smallest absolute Gasteiger partial charge is 0.232 e. The van der Waals surface area contributed by atoms with E-state index in [1.165, 1.54) is 6.20 Å². The fraction of sp³-hybridized carbons (Fsp3) is 0.636. The van der Waals surface area contributed by atoms with E-state index in [0.717, 1.165) is 32.5 Å². The van der Waals surface area contributed by atoms with Gasteiger partial charge in [-0.3, -0.25) is 0 Å². The van der Waals surface area contributed by atoms with Crippen LogP contribution in [0.5, 0.6) is 5.88 Å². The molecule has 1 aromatic rings. The van der Waals surface area contributed by atoms with E-state index >= 15 is 0 Å². The van der Waals surface area contributed by atoms with Gasteiger partial charge in [-0.15, -0.1) is 0 Å². The highest BCUT2D eigenvalue weighted by Gasteiger charge is 2.19. The molecule has 1 aliphatic heterocycles. The van der Waals surface area contributed by atoms with E-state index in [4.69, 9.17) is 16.3 Å². The average molecular weight is 242 g/mol. The molecule has 1 saturated heterocycles. The fourth-order valence-electron chi connectivity index (χ4n) is 1.88. The van der Waals surface area contributed by atoms with E-state index < -0.39 is 0 Å². The first-order chi connectivity index (χ1) is 7.78. The topological polar surface area (TPSA) is 38.2 Å². The maximum Gasteiger partial charge on any atom is 0.232 e. The molecule has 1 aliphatic rings. The van der Waals surface area contributed by atoms with Gasteiger partial charge in [0, 0.05) is 13.1 Å². The van der Waals surface area contributed by atoms with Crippen LogP contribution in [0.3, 0.4) is 0 Å². The number of rotatable bonds is 3. The summed E-state index contributed by atoms with van der Waals surface area (Å²) in [7, 11) is 0. The van der Waals surface area contributed by atoms with E-state index in [2.05, 4.69) is 21.8 Å². The van der Waals surface area contributed by atoms with Gasteiger partial charge in [0.1, 0.15) is 11.3 Å². The van der Waals surface area contributed by atoms with Crippen LogP contribution in [0.25, 0.3) is 0 Å². The molecule has 0 aliphatic carbocycles. The van der Waals surface area contributed by atoms with Crippen LogP contribution < -0.4 is 4.74 Å². The van der Waals surface area contributed by atoms with E-state index in [9.17, 15) is 0 Å². The van der Waals surface area contributed by atoms with Crippen molar-refractivity contribution in [2.75, 3.05) is 19.6 Å². The summed E-state index contributed by atoms with van der Waals surface area (Å²) < 4.78 is 5.74. The molecule has 0 saturated carbocycles. The lowest BCUT2D eigenvalue weighted by atomic mass is 10.1. The number of piperidine rings is 1. The normalized spacial score (nSPS) is 18.6. The maximum absolute atomic E-state index is 5.74. The highest BCUT2D eigenvalue weighted by atomic mass is 35.5. The molecule has 2 heterocycles. The Kier molecular flexibility index (Phi) is 3.96. The van der Waals surface area contributed by atoms with Crippen LogP contribution in [0.2, 0.25) is 5.15 Å². The quantitative estimate of drug-likeness (QED) is 0.811. The van der Waals surface area contributed by atoms with Crippen molar-refractivity contribution in [3.8, 4) is 5.88 Å². The molecule has 1 aromatic heterocycles. The summed E-state index contributed by atoms with van der Waals surface area (Å²) in [6.07, 6.45) is 5.46. The number of hydrogen-bond acceptors (Lipinski definition) is 4. The van der Waals surface area contributed by atoms with Gasteiger partial charge in [0.15, 0.2) is 0 Å². The Bertz CT molecular complexity index is 323. The Morgan fingerprint density at radius 2 is 2.12 bits per heavy atom. The van der Waals surface area contributed by atoms with Crippen LogP contribution in [-0.4, -0.2) is 40.6 Å². The minimum absolute atomic E-state index is 0.262. The number of halogens is 1. The lowest BCUT2D eigenvalue weighted by Gasteiger charge is -2.30. The molecular weight excluding hydrogens is 226 g/mol. The third-order valence-corrected chi connectivity index (χ3v) is 3.06. The molecule has 0 radical (unpaired) electrons. The highest BCUT2D eigenvalue weighted by Crippen LogP contribution is 2.16. The molecule has 88 valence electrons. The number of nitrogens with zero attached hydrogens (tertiary/aromatic N) is 3. The van der Waals surface area contributed by atoms with Gasteiger partial charge in [-0.2, -0.15) is 0 Å². The molecule has 0 atom stereocenters. The number of ether oxygens (including phenoxy) is 1. The largest absolute Gasteiger partial charge is 0.473 e. The van der Waals surface area contributed by atoms with E-state index in [-0.39, 0.29) is 6.10 Å². The van der Waals surface area contributed by atoms with Gasteiger partial charge in [-0.05, 0) is 19.4 Å². The molecule has 5 heteroatoms. The van der Waals surface area contributed by atoms with Crippen molar-refractivity contribution in [2.24, 2.45) is 0 Å². The second kappa shape index (κ2) is 5.46. The zero-order valence-corrected chi connectivity index (χ0v) is 10.2. The molecular formula is C11H16ClN3O. The summed E-state index contributed by atoms with van der Waals surface area (Å²) in [5, 5.41) is 0.396. The van der Waals surface area contributed by atoms with E-state index in [0.29, 0.717) is 11.0 Å². The summed E-state index contributed by atoms with van der Waals surface area (Å²) in [4.78, 5) is 10.4. The van der Waals surface area contributed by atoms with Crippen LogP contribution in [0.15, 0.2) is 12.4 Å². The maximum atomic E-state index is 5.74. The first-order valence-corrected chi connectivity index (χ1v) is 6.02. The van der Waals surface area contributed by atoms with Crippen LogP contribution in [-0.2, 0) is 0 Å². The summed E-state index contributed by atoms with van der Waals surface area (Å²) in [6.45, 7) is 5.50. The Labute approximate surface area is 101 Å². The summed E-state index contributed by atoms with van der Waals surface area (Å²) >= 11 is 5.66. The van der Waals surface area contributed by atoms with Gasteiger partial charge >= 0.3 is 0 Å². The SMILES string of the molecule is CCN1CCC(Oc2cnc(Cl)cn2)CC1. The predicted molar refractivity (Wildman–Crippen MR) is 62.8 cm³/mol. The van der Waals surface area contributed by atoms with Crippen molar-refractivity contribution < 1.29 is 4.74 Å².